The molecule has 0 fully saturated rings. The molecule has 3 N–H and O–H groups in total. The van der Waals surface area contributed by atoms with Crippen LogP contribution in [0.1, 0.15) is 258 Å². The summed E-state index contributed by atoms with van der Waals surface area (Å²) in [6.07, 6.45) is 53.1. The molecule has 0 aromatic heterocycles. The third kappa shape index (κ3) is 42.0. The molecule has 0 saturated carbocycles. The predicted molar refractivity (Wildman–Crippen MR) is 241 cm³/mol. The molecule has 56 heavy (non-hydrogen) atoms. The summed E-state index contributed by atoms with van der Waals surface area (Å²) >= 11 is 0. The van der Waals surface area contributed by atoms with Crippen molar-refractivity contribution in [1.29, 1.82) is 0 Å². The maximum atomic E-state index is 12.4. The zero-order valence-corrected chi connectivity index (χ0v) is 37.4. The number of aliphatic hydroxyl groups excluding tert-OH is 2. The molecule has 0 aliphatic rings. The minimum atomic E-state index is -0.850. The Morgan fingerprint density at radius 1 is 0.482 bits per heavy atom. The number of carbonyl (C=O) groups is 2. The third-order valence-electron chi connectivity index (χ3n) is 11.2. The maximum Gasteiger partial charge on any atom is 0.305 e. The number of esters is 1. The summed E-state index contributed by atoms with van der Waals surface area (Å²) < 4.78 is 5.44. The quantitative estimate of drug-likeness (QED) is 0.0324. The minimum absolute atomic E-state index is 0.0141. The van der Waals surface area contributed by atoms with Gasteiger partial charge in [-0.1, -0.05) is 212 Å². The summed E-state index contributed by atoms with van der Waals surface area (Å²) in [7, 11) is 0. The van der Waals surface area contributed by atoms with Crippen molar-refractivity contribution >= 4 is 11.9 Å². The van der Waals surface area contributed by atoms with Crippen molar-refractivity contribution in [1.82, 2.24) is 5.32 Å². The molecular weight excluding hydrogens is 695 g/mol. The van der Waals surface area contributed by atoms with E-state index in [1.165, 1.54) is 173 Å². The molecule has 2 atom stereocenters. The molecule has 6 nitrogen and oxygen atoms in total. The lowest BCUT2D eigenvalue weighted by molar-refractivity contribution is -0.143. The van der Waals surface area contributed by atoms with Crippen LogP contribution in [0.15, 0.2) is 24.3 Å². The standard InChI is InChI=1S/C50H95NO5/c1-3-5-7-9-11-13-15-19-22-26-30-34-38-42-48(53)47(46-52)51-49(54)43-39-35-31-27-23-20-17-18-21-25-29-33-37-41-45-56-50(55)44-40-36-32-28-24-16-14-12-10-8-6-4-2/h12,14,38,42,47-48,52-53H,3-11,13,15-37,39-41,43-46H2,1-2H3,(H,51,54)/b14-12-,42-38+. The summed E-state index contributed by atoms with van der Waals surface area (Å²) in [5, 5.41) is 23.0. The average molecular weight is 790 g/mol. The number of nitrogens with one attached hydrogen (secondary N) is 1. The normalized spacial score (nSPS) is 12.9. The highest BCUT2D eigenvalue weighted by Gasteiger charge is 2.18. The van der Waals surface area contributed by atoms with Gasteiger partial charge in [0.1, 0.15) is 0 Å². The van der Waals surface area contributed by atoms with Crippen molar-refractivity contribution in [2.45, 2.75) is 270 Å². The van der Waals surface area contributed by atoms with Gasteiger partial charge in [0, 0.05) is 12.8 Å². The van der Waals surface area contributed by atoms with E-state index in [1.54, 1.807) is 6.08 Å². The number of rotatable bonds is 45. The molecule has 2 unspecified atom stereocenters. The Balaban J connectivity index is 3.48. The molecule has 1 amide bonds. The van der Waals surface area contributed by atoms with Crippen LogP contribution in [0.5, 0.6) is 0 Å². The van der Waals surface area contributed by atoms with E-state index >= 15 is 0 Å². The Kier molecular flexibility index (Phi) is 44.7. The molecule has 330 valence electrons. The predicted octanol–water partition coefficient (Wildman–Crippen LogP) is 14.3. The van der Waals surface area contributed by atoms with Crippen molar-refractivity contribution in [3.63, 3.8) is 0 Å². The number of allylic oxidation sites excluding steroid dienone is 3. The van der Waals surface area contributed by atoms with Crippen LogP contribution < -0.4 is 5.32 Å². The molecule has 0 heterocycles. The molecule has 0 spiro atoms. The van der Waals surface area contributed by atoms with E-state index in [0.717, 1.165) is 57.8 Å². The van der Waals surface area contributed by atoms with E-state index < -0.39 is 12.1 Å². The van der Waals surface area contributed by atoms with Crippen molar-refractivity contribution in [2.24, 2.45) is 0 Å². The van der Waals surface area contributed by atoms with E-state index in [0.29, 0.717) is 19.4 Å². The van der Waals surface area contributed by atoms with Crippen molar-refractivity contribution in [3.05, 3.63) is 24.3 Å². The van der Waals surface area contributed by atoms with Gasteiger partial charge in [-0.25, -0.2) is 0 Å². The first-order chi connectivity index (χ1) is 27.5. The van der Waals surface area contributed by atoms with Gasteiger partial charge in [-0.05, 0) is 57.8 Å². The number of hydrogen-bond acceptors (Lipinski definition) is 5. The fraction of sp³-hybridized carbons (Fsp3) is 0.880. The summed E-state index contributed by atoms with van der Waals surface area (Å²) in [4.78, 5) is 24.4. The second kappa shape index (κ2) is 46.0. The van der Waals surface area contributed by atoms with Gasteiger partial charge in [-0.3, -0.25) is 9.59 Å². The number of ether oxygens (including phenoxy) is 1. The topological polar surface area (TPSA) is 95.9 Å². The molecule has 0 aliphatic heterocycles. The van der Waals surface area contributed by atoms with Gasteiger partial charge in [0.2, 0.25) is 5.91 Å². The van der Waals surface area contributed by atoms with Gasteiger partial charge in [-0.15, -0.1) is 0 Å². The molecular formula is C50H95NO5. The van der Waals surface area contributed by atoms with Crippen LogP contribution in [0.2, 0.25) is 0 Å². The first-order valence-electron chi connectivity index (χ1n) is 24.6. The molecule has 0 aromatic carbocycles. The van der Waals surface area contributed by atoms with Gasteiger partial charge in [0.25, 0.3) is 0 Å². The van der Waals surface area contributed by atoms with E-state index in [2.05, 4.69) is 31.3 Å². The second-order valence-corrected chi connectivity index (χ2v) is 16.8. The summed E-state index contributed by atoms with van der Waals surface area (Å²) in [5.74, 6) is -0.0936. The monoisotopic (exact) mass is 790 g/mol. The highest BCUT2D eigenvalue weighted by molar-refractivity contribution is 5.76. The fourth-order valence-electron chi connectivity index (χ4n) is 7.39. The Morgan fingerprint density at radius 3 is 1.30 bits per heavy atom. The third-order valence-corrected chi connectivity index (χ3v) is 11.2. The summed E-state index contributed by atoms with van der Waals surface area (Å²) in [5.41, 5.74) is 0. The lowest BCUT2D eigenvalue weighted by atomic mass is 10.0. The molecule has 6 heteroatoms. The van der Waals surface area contributed by atoms with Crippen molar-refractivity contribution in [2.75, 3.05) is 13.2 Å². The highest BCUT2D eigenvalue weighted by atomic mass is 16.5. The molecule has 0 rings (SSSR count). The lowest BCUT2D eigenvalue weighted by Gasteiger charge is -2.20. The van der Waals surface area contributed by atoms with Gasteiger partial charge >= 0.3 is 5.97 Å². The maximum absolute atomic E-state index is 12.4. The lowest BCUT2D eigenvalue weighted by Crippen LogP contribution is -2.45. The van der Waals surface area contributed by atoms with Gasteiger partial charge in [0.05, 0.1) is 25.4 Å². The van der Waals surface area contributed by atoms with Crippen LogP contribution in [0.25, 0.3) is 0 Å². The molecule has 0 aromatic rings. The smallest absolute Gasteiger partial charge is 0.305 e. The van der Waals surface area contributed by atoms with Crippen LogP contribution in [0.4, 0.5) is 0 Å². The van der Waals surface area contributed by atoms with Gasteiger partial charge in [0.15, 0.2) is 0 Å². The molecule has 0 radical (unpaired) electrons. The van der Waals surface area contributed by atoms with E-state index in [1.807, 2.05) is 6.08 Å². The molecule has 0 bridgehead atoms. The minimum Gasteiger partial charge on any atom is -0.466 e. The van der Waals surface area contributed by atoms with Gasteiger partial charge < -0.3 is 20.3 Å². The summed E-state index contributed by atoms with van der Waals surface area (Å²) in [6.45, 7) is 4.84. The Hall–Kier alpha value is -1.66. The second-order valence-electron chi connectivity index (χ2n) is 16.8. The molecule has 0 saturated heterocycles. The van der Waals surface area contributed by atoms with Gasteiger partial charge in [-0.2, -0.15) is 0 Å². The highest BCUT2D eigenvalue weighted by Crippen LogP contribution is 2.15. The summed E-state index contributed by atoms with van der Waals surface area (Å²) in [6, 6.07) is -0.634. The van der Waals surface area contributed by atoms with Crippen LogP contribution in [-0.2, 0) is 14.3 Å². The zero-order valence-electron chi connectivity index (χ0n) is 37.4. The number of unbranched alkanes of at least 4 members (excludes halogenated alkanes) is 32. The zero-order chi connectivity index (χ0) is 40.8. The van der Waals surface area contributed by atoms with E-state index in [4.69, 9.17) is 4.74 Å². The largest absolute Gasteiger partial charge is 0.466 e. The van der Waals surface area contributed by atoms with Crippen LogP contribution >= 0.6 is 0 Å². The number of carbonyl (C=O) groups excluding carboxylic acids is 2. The van der Waals surface area contributed by atoms with Crippen molar-refractivity contribution in [3.8, 4) is 0 Å². The Morgan fingerprint density at radius 2 is 0.839 bits per heavy atom. The first kappa shape index (κ1) is 54.3. The van der Waals surface area contributed by atoms with Crippen LogP contribution in [-0.4, -0.2) is 47.4 Å². The van der Waals surface area contributed by atoms with E-state index in [9.17, 15) is 19.8 Å². The Labute approximate surface area is 348 Å². The van der Waals surface area contributed by atoms with Crippen LogP contribution in [0, 0.1) is 0 Å². The number of aliphatic hydroxyl groups is 2. The van der Waals surface area contributed by atoms with Crippen molar-refractivity contribution < 1.29 is 24.5 Å². The number of amides is 1. The fourth-order valence-corrected chi connectivity index (χ4v) is 7.39. The van der Waals surface area contributed by atoms with Crippen LogP contribution in [0.3, 0.4) is 0 Å². The molecule has 0 aliphatic carbocycles. The Bertz CT molecular complexity index is 874. The SMILES string of the molecule is CCCCC/C=C\CCCCCCCC(=O)OCCCCCCCCCCCCCCCCC(=O)NC(CO)C(O)/C=C/CCCCCCCCCCCCC. The first-order valence-corrected chi connectivity index (χ1v) is 24.6. The van der Waals surface area contributed by atoms with E-state index in [-0.39, 0.29) is 18.5 Å². The average Bonchev–Trinajstić information content (AvgIpc) is 3.20. The number of hydrogen-bond donors (Lipinski definition) is 3.